The van der Waals surface area contributed by atoms with Crippen LogP contribution in [0.4, 0.5) is 0 Å². The zero-order valence-corrected chi connectivity index (χ0v) is 5.31. The Labute approximate surface area is 50.3 Å². The lowest BCUT2D eigenvalue weighted by atomic mass is 10.5. The zero-order chi connectivity index (χ0) is 5.28. The SMILES string of the molecule is NNC(Br)C1CO1. The highest BCUT2D eigenvalue weighted by Crippen LogP contribution is 2.16. The van der Waals surface area contributed by atoms with E-state index in [1.807, 2.05) is 0 Å². The highest BCUT2D eigenvalue weighted by Gasteiger charge is 2.29. The van der Waals surface area contributed by atoms with Crippen molar-refractivity contribution in [3.63, 3.8) is 0 Å². The minimum Gasteiger partial charge on any atom is -0.370 e. The van der Waals surface area contributed by atoms with Crippen LogP contribution in [0.3, 0.4) is 0 Å². The molecule has 0 spiro atoms. The second-order valence-electron chi connectivity index (χ2n) is 1.44. The number of rotatable bonds is 2. The molecule has 0 aromatic heterocycles. The van der Waals surface area contributed by atoms with Crippen molar-refractivity contribution in [3.05, 3.63) is 0 Å². The molecule has 1 saturated heterocycles. The number of hydrazine groups is 1. The van der Waals surface area contributed by atoms with Gasteiger partial charge in [0, 0.05) is 0 Å². The lowest BCUT2D eigenvalue weighted by molar-refractivity contribution is 0.389. The lowest BCUT2D eigenvalue weighted by Gasteiger charge is -1.99. The van der Waals surface area contributed by atoms with E-state index in [0.29, 0.717) is 6.10 Å². The molecule has 1 aliphatic rings. The fourth-order valence-electron chi connectivity index (χ4n) is 0.332. The van der Waals surface area contributed by atoms with Crippen LogP contribution < -0.4 is 11.3 Å². The highest BCUT2D eigenvalue weighted by molar-refractivity contribution is 9.09. The molecule has 0 amide bonds. The summed E-state index contributed by atoms with van der Waals surface area (Å²) in [5, 5.41) is 0. The Morgan fingerprint density at radius 1 is 2.00 bits per heavy atom. The molecule has 1 aliphatic heterocycles. The van der Waals surface area contributed by atoms with Gasteiger partial charge in [0.1, 0.15) is 11.1 Å². The molecule has 7 heavy (non-hydrogen) atoms. The Kier molecular flexibility index (Phi) is 1.64. The molecule has 0 radical (unpaired) electrons. The summed E-state index contributed by atoms with van der Waals surface area (Å²) in [4.78, 5) is 0.132. The summed E-state index contributed by atoms with van der Waals surface area (Å²) < 4.78 is 4.87. The molecule has 0 aliphatic carbocycles. The molecule has 0 saturated carbocycles. The molecule has 1 fully saturated rings. The van der Waals surface area contributed by atoms with Crippen molar-refractivity contribution < 1.29 is 4.74 Å². The number of hydrogen-bond acceptors (Lipinski definition) is 3. The lowest BCUT2D eigenvalue weighted by Crippen LogP contribution is -2.34. The first-order valence-corrected chi connectivity index (χ1v) is 2.98. The van der Waals surface area contributed by atoms with Gasteiger partial charge in [-0.25, -0.2) is 5.43 Å². The van der Waals surface area contributed by atoms with E-state index in [1.54, 1.807) is 0 Å². The molecular weight excluding hydrogens is 160 g/mol. The van der Waals surface area contributed by atoms with E-state index in [-0.39, 0.29) is 4.95 Å². The number of epoxide rings is 1. The Balaban J connectivity index is 2.10. The predicted molar refractivity (Wildman–Crippen MR) is 29.8 cm³/mol. The van der Waals surface area contributed by atoms with Crippen molar-refractivity contribution in [1.82, 2.24) is 5.43 Å². The van der Waals surface area contributed by atoms with E-state index >= 15 is 0 Å². The van der Waals surface area contributed by atoms with Gasteiger partial charge in [0.2, 0.25) is 0 Å². The largest absolute Gasteiger partial charge is 0.370 e. The van der Waals surface area contributed by atoms with Crippen molar-refractivity contribution >= 4 is 15.9 Å². The first kappa shape index (κ1) is 5.50. The Bertz CT molecular complexity index is 66.0. The summed E-state index contributed by atoms with van der Waals surface area (Å²) in [6.07, 6.45) is 0.296. The van der Waals surface area contributed by atoms with Gasteiger partial charge in [-0.1, -0.05) is 15.9 Å². The average Bonchev–Trinajstić information content (AvgIpc) is 2.44. The number of nitrogens with two attached hydrogens (primary N) is 1. The maximum absolute atomic E-state index is 5.04. The van der Waals surface area contributed by atoms with Crippen molar-refractivity contribution in [2.75, 3.05) is 6.61 Å². The van der Waals surface area contributed by atoms with E-state index in [0.717, 1.165) is 6.61 Å². The third-order valence-corrected chi connectivity index (χ3v) is 1.70. The third-order valence-electron chi connectivity index (χ3n) is 0.845. The molecule has 2 unspecified atom stereocenters. The fourth-order valence-corrected chi connectivity index (χ4v) is 0.637. The molecular formula is C3H7BrN2O. The quantitative estimate of drug-likeness (QED) is 0.193. The molecule has 42 valence electrons. The van der Waals surface area contributed by atoms with Crippen LogP contribution in [0.25, 0.3) is 0 Å². The van der Waals surface area contributed by atoms with E-state index in [9.17, 15) is 0 Å². The maximum atomic E-state index is 5.04. The third kappa shape index (κ3) is 1.38. The van der Waals surface area contributed by atoms with Gasteiger partial charge in [-0.15, -0.1) is 0 Å². The monoisotopic (exact) mass is 166 g/mol. The molecule has 3 N–H and O–H groups in total. The highest BCUT2D eigenvalue weighted by atomic mass is 79.9. The van der Waals surface area contributed by atoms with Gasteiger partial charge in [-0.2, -0.15) is 0 Å². The van der Waals surface area contributed by atoms with Crippen molar-refractivity contribution in [2.24, 2.45) is 5.84 Å². The van der Waals surface area contributed by atoms with Gasteiger partial charge < -0.3 is 4.74 Å². The number of alkyl halides is 1. The van der Waals surface area contributed by atoms with Crippen LogP contribution in [0.5, 0.6) is 0 Å². The van der Waals surface area contributed by atoms with Gasteiger partial charge in [0.15, 0.2) is 0 Å². The number of nitrogens with one attached hydrogen (secondary N) is 1. The van der Waals surface area contributed by atoms with Crippen molar-refractivity contribution in [3.8, 4) is 0 Å². The Morgan fingerprint density at radius 2 is 2.57 bits per heavy atom. The standard InChI is InChI=1S/C3H7BrN2O/c4-3(6-5)2-1-7-2/h2-3,6H,1,5H2. The summed E-state index contributed by atoms with van der Waals surface area (Å²) in [5.41, 5.74) is 2.52. The van der Waals surface area contributed by atoms with E-state index in [4.69, 9.17) is 10.6 Å². The fraction of sp³-hybridized carbons (Fsp3) is 1.00. The molecule has 3 nitrogen and oxygen atoms in total. The molecule has 0 aromatic carbocycles. The predicted octanol–water partition coefficient (Wildman–Crippen LogP) is -0.431. The number of ether oxygens (including phenoxy) is 1. The van der Waals surface area contributed by atoms with Crippen LogP contribution in [0.2, 0.25) is 0 Å². The first-order chi connectivity index (χ1) is 3.34. The Morgan fingerprint density at radius 3 is 2.71 bits per heavy atom. The smallest absolute Gasteiger partial charge is 0.107 e. The van der Waals surface area contributed by atoms with Crippen LogP contribution in [-0.4, -0.2) is 17.7 Å². The van der Waals surface area contributed by atoms with Crippen molar-refractivity contribution in [1.29, 1.82) is 0 Å². The van der Waals surface area contributed by atoms with Gasteiger partial charge in [0.25, 0.3) is 0 Å². The van der Waals surface area contributed by atoms with Crippen LogP contribution in [0.1, 0.15) is 0 Å². The topological polar surface area (TPSA) is 50.6 Å². The molecule has 1 heterocycles. The molecule has 4 heteroatoms. The van der Waals surface area contributed by atoms with Gasteiger partial charge in [-0.3, -0.25) is 5.84 Å². The zero-order valence-electron chi connectivity index (χ0n) is 3.73. The van der Waals surface area contributed by atoms with Gasteiger partial charge in [0.05, 0.1) is 6.61 Å². The first-order valence-electron chi connectivity index (χ1n) is 2.06. The average molecular weight is 167 g/mol. The van der Waals surface area contributed by atoms with Crippen LogP contribution >= 0.6 is 15.9 Å². The van der Waals surface area contributed by atoms with Crippen molar-refractivity contribution in [2.45, 2.75) is 11.1 Å². The summed E-state index contributed by atoms with van der Waals surface area (Å²) in [5.74, 6) is 5.04. The maximum Gasteiger partial charge on any atom is 0.107 e. The second-order valence-corrected chi connectivity index (χ2v) is 2.43. The van der Waals surface area contributed by atoms with E-state index in [2.05, 4.69) is 21.4 Å². The van der Waals surface area contributed by atoms with Crippen LogP contribution in [0.15, 0.2) is 0 Å². The minimum absolute atomic E-state index is 0.132. The summed E-state index contributed by atoms with van der Waals surface area (Å²) in [6, 6.07) is 0. The second kappa shape index (κ2) is 2.09. The summed E-state index contributed by atoms with van der Waals surface area (Å²) in [7, 11) is 0. The molecule has 2 atom stereocenters. The van der Waals surface area contributed by atoms with Gasteiger partial charge in [-0.05, 0) is 0 Å². The normalized spacial score (nSPS) is 32.6. The Hall–Kier alpha value is 0.360. The van der Waals surface area contributed by atoms with E-state index < -0.39 is 0 Å². The summed E-state index contributed by atoms with van der Waals surface area (Å²) >= 11 is 3.24. The minimum atomic E-state index is 0.132. The molecule has 0 bridgehead atoms. The number of hydrogen-bond donors (Lipinski definition) is 2. The van der Waals surface area contributed by atoms with E-state index in [1.165, 1.54) is 0 Å². The van der Waals surface area contributed by atoms with Crippen LogP contribution in [-0.2, 0) is 4.74 Å². The van der Waals surface area contributed by atoms with Crippen LogP contribution in [0, 0.1) is 0 Å². The molecule has 1 rings (SSSR count). The summed E-state index contributed by atoms with van der Waals surface area (Å²) in [6.45, 7) is 0.820. The van der Waals surface area contributed by atoms with Gasteiger partial charge >= 0.3 is 0 Å². The molecule has 0 aromatic rings. The number of halogens is 1.